The molecular weight excluding hydrogens is 214 g/mol. The van der Waals surface area contributed by atoms with Gasteiger partial charge in [0, 0.05) is 31.4 Å². The van der Waals surface area contributed by atoms with Crippen molar-refractivity contribution in [2.24, 2.45) is 0 Å². The molecule has 4 heteroatoms. The zero-order chi connectivity index (χ0) is 11.7. The maximum Gasteiger partial charge on any atom is 0.0566 e. The minimum absolute atomic E-state index is 0.548. The van der Waals surface area contributed by atoms with Crippen molar-refractivity contribution >= 4 is 0 Å². The molecule has 1 atom stereocenters. The third-order valence-corrected chi connectivity index (χ3v) is 4.12. The highest BCUT2D eigenvalue weighted by Crippen LogP contribution is 2.29. The Morgan fingerprint density at radius 1 is 1.35 bits per heavy atom. The second kappa shape index (κ2) is 4.78. The third-order valence-electron chi connectivity index (χ3n) is 4.12. The van der Waals surface area contributed by atoms with Gasteiger partial charge >= 0.3 is 0 Å². The van der Waals surface area contributed by atoms with Crippen LogP contribution >= 0.6 is 0 Å². The van der Waals surface area contributed by atoms with Crippen molar-refractivity contribution < 1.29 is 4.74 Å². The molecule has 4 nitrogen and oxygen atoms in total. The fraction of sp³-hybridized carbons (Fsp3) is 0.769. The number of nitrogens with one attached hydrogen (secondary N) is 1. The quantitative estimate of drug-likeness (QED) is 0.846. The van der Waals surface area contributed by atoms with Gasteiger partial charge in [0.05, 0.1) is 12.2 Å². The van der Waals surface area contributed by atoms with Crippen LogP contribution in [0.5, 0.6) is 0 Å². The Morgan fingerprint density at radius 3 is 2.88 bits per heavy atom. The molecule has 3 heterocycles. The maximum absolute atomic E-state index is 5.42. The Balaban J connectivity index is 1.80. The summed E-state index contributed by atoms with van der Waals surface area (Å²) in [5.41, 5.74) is 2.81. The molecule has 2 fully saturated rings. The lowest BCUT2D eigenvalue weighted by Crippen LogP contribution is -2.21. The Morgan fingerprint density at radius 2 is 2.18 bits per heavy atom. The van der Waals surface area contributed by atoms with E-state index in [-0.39, 0.29) is 0 Å². The first kappa shape index (κ1) is 11.2. The molecule has 1 aromatic heterocycles. The molecule has 0 spiro atoms. The number of hydrogen-bond acceptors (Lipinski definition) is 3. The van der Waals surface area contributed by atoms with E-state index >= 15 is 0 Å². The van der Waals surface area contributed by atoms with Crippen molar-refractivity contribution in [1.82, 2.24) is 15.1 Å². The number of hydrogen-bond donors (Lipinski definition) is 1. The van der Waals surface area contributed by atoms with Gasteiger partial charge in [0.2, 0.25) is 0 Å². The molecule has 3 rings (SSSR count). The number of ether oxygens (including phenoxy) is 1. The lowest BCUT2D eigenvalue weighted by atomic mass is 9.99. The van der Waals surface area contributed by atoms with E-state index in [1.54, 1.807) is 0 Å². The summed E-state index contributed by atoms with van der Waals surface area (Å²) in [6.45, 7) is 6.23. The van der Waals surface area contributed by atoms with Crippen LogP contribution in [0.25, 0.3) is 0 Å². The average Bonchev–Trinajstić information content (AvgIpc) is 2.99. The van der Waals surface area contributed by atoms with Gasteiger partial charge in [-0.2, -0.15) is 5.10 Å². The van der Waals surface area contributed by atoms with Crippen LogP contribution in [0.15, 0.2) is 6.20 Å². The molecule has 0 amide bonds. The van der Waals surface area contributed by atoms with Crippen molar-refractivity contribution in [2.75, 3.05) is 26.3 Å². The summed E-state index contributed by atoms with van der Waals surface area (Å²) < 4.78 is 7.65. The van der Waals surface area contributed by atoms with Gasteiger partial charge < -0.3 is 10.1 Å². The summed E-state index contributed by atoms with van der Waals surface area (Å²) in [7, 11) is 0. The molecule has 1 N–H and O–H groups in total. The summed E-state index contributed by atoms with van der Waals surface area (Å²) in [6.07, 6.45) is 5.54. The van der Waals surface area contributed by atoms with Gasteiger partial charge in [0.1, 0.15) is 0 Å². The number of aromatic nitrogens is 2. The van der Waals surface area contributed by atoms with Crippen molar-refractivity contribution in [3.63, 3.8) is 0 Å². The first-order valence-electron chi connectivity index (χ1n) is 6.68. The van der Waals surface area contributed by atoms with Crippen LogP contribution < -0.4 is 5.32 Å². The highest BCUT2D eigenvalue weighted by molar-refractivity contribution is 5.23. The topological polar surface area (TPSA) is 39.1 Å². The Labute approximate surface area is 102 Å². The maximum atomic E-state index is 5.42. The Bertz CT molecular complexity index is 376. The summed E-state index contributed by atoms with van der Waals surface area (Å²) in [6, 6.07) is 0.548. The molecule has 0 bridgehead atoms. The molecule has 2 aliphatic rings. The predicted molar refractivity (Wildman–Crippen MR) is 66.3 cm³/mol. The van der Waals surface area contributed by atoms with Crippen LogP contribution in [0.2, 0.25) is 0 Å². The van der Waals surface area contributed by atoms with Crippen LogP contribution in [-0.2, 0) is 4.74 Å². The zero-order valence-electron chi connectivity index (χ0n) is 10.5. The monoisotopic (exact) mass is 235 g/mol. The molecule has 0 aliphatic carbocycles. The van der Waals surface area contributed by atoms with E-state index in [1.165, 1.54) is 17.7 Å². The Hall–Kier alpha value is -0.870. The average molecular weight is 235 g/mol. The number of nitrogens with zero attached hydrogens (tertiary/aromatic N) is 2. The number of rotatable bonds is 2. The van der Waals surface area contributed by atoms with Gasteiger partial charge in [0.25, 0.3) is 0 Å². The minimum Gasteiger partial charge on any atom is -0.381 e. The van der Waals surface area contributed by atoms with Gasteiger partial charge in [0.15, 0.2) is 0 Å². The standard InChI is InChI=1S/C13H21N3O/c1-10-13(11-2-5-14-8-11)9-15-16(10)12-3-6-17-7-4-12/h9,11-12,14H,2-8H2,1H3. The van der Waals surface area contributed by atoms with E-state index in [2.05, 4.69) is 28.2 Å². The fourth-order valence-corrected chi connectivity index (χ4v) is 3.06. The molecule has 0 aromatic carbocycles. The summed E-state index contributed by atoms with van der Waals surface area (Å²) >= 11 is 0. The highest BCUT2D eigenvalue weighted by atomic mass is 16.5. The molecule has 0 radical (unpaired) electrons. The fourth-order valence-electron chi connectivity index (χ4n) is 3.06. The van der Waals surface area contributed by atoms with E-state index in [4.69, 9.17) is 4.74 Å². The van der Waals surface area contributed by atoms with Crippen molar-refractivity contribution in [1.29, 1.82) is 0 Å². The third kappa shape index (κ3) is 2.11. The van der Waals surface area contributed by atoms with Crippen molar-refractivity contribution in [2.45, 2.75) is 38.1 Å². The SMILES string of the molecule is Cc1c(C2CCNC2)cnn1C1CCOCC1. The molecule has 94 valence electrons. The summed E-state index contributed by atoms with van der Waals surface area (Å²) in [5, 5.41) is 8.05. The van der Waals surface area contributed by atoms with E-state index in [0.717, 1.165) is 39.1 Å². The largest absolute Gasteiger partial charge is 0.381 e. The zero-order valence-corrected chi connectivity index (χ0v) is 10.5. The summed E-state index contributed by atoms with van der Waals surface area (Å²) in [5.74, 6) is 0.670. The highest BCUT2D eigenvalue weighted by Gasteiger charge is 2.24. The van der Waals surface area contributed by atoms with Crippen LogP contribution in [0.4, 0.5) is 0 Å². The van der Waals surface area contributed by atoms with Crippen LogP contribution in [0, 0.1) is 6.92 Å². The van der Waals surface area contributed by atoms with E-state index < -0.39 is 0 Å². The van der Waals surface area contributed by atoms with Gasteiger partial charge in [-0.25, -0.2) is 0 Å². The molecule has 17 heavy (non-hydrogen) atoms. The van der Waals surface area contributed by atoms with Crippen LogP contribution in [-0.4, -0.2) is 36.1 Å². The summed E-state index contributed by atoms with van der Waals surface area (Å²) in [4.78, 5) is 0. The van der Waals surface area contributed by atoms with Crippen molar-refractivity contribution in [3.05, 3.63) is 17.5 Å². The predicted octanol–water partition coefficient (Wildman–Crippen LogP) is 1.62. The normalized spacial score (nSPS) is 26.5. The van der Waals surface area contributed by atoms with Gasteiger partial charge in [-0.05, 0) is 38.3 Å². The second-order valence-corrected chi connectivity index (χ2v) is 5.16. The lowest BCUT2D eigenvalue weighted by molar-refractivity contribution is 0.0656. The smallest absolute Gasteiger partial charge is 0.0566 e. The van der Waals surface area contributed by atoms with Crippen molar-refractivity contribution in [3.8, 4) is 0 Å². The molecule has 0 saturated carbocycles. The first-order valence-corrected chi connectivity index (χ1v) is 6.68. The van der Waals surface area contributed by atoms with E-state index in [0.29, 0.717) is 12.0 Å². The van der Waals surface area contributed by atoms with E-state index in [9.17, 15) is 0 Å². The van der Waals surface area contributed by atoms with Gasteiger partial charge in [-0.3, -0.25) is 4.68 Å². The van der Waals surface area contributed by atoms with E-state index in [1.807, 2.05) is 0 Å². The molecule has 1 aromatic rings. The Kier molecular flexibility index (Phi) is 3.16. The second-order valence-electron chi connectivity index (χ2n) is 5.16. The first-order chi connectivity index (χ1) is 8.36. The van der Waals surface area contributed by atoms with Crippen LogP contribution in [0.3, 0.4) is 0 Å². The molecular formula is C13H21N3O. The van der Waals surface area contributed by atoms with Gasteiger partial charge in [-0.1, -0.05) is 0 Å². The van der Waals surface area contributed by atoms with Gasteiger partial charge in [-0.15, -0.1) is 0 Å². The molecule has 2 aliphatic heterocycles. The minimum atomic E-state index is 0.548. The molecule has 1 unspecified atom stereocenters. The lowest BCUT2D eigenvalue weighted by Gasteiger charge is -2.24. The molecule has 2 saturated heterocycles. The van der Waals surface area contributed by atoms with Crippen LogP contribution in [0.1, 0.15) is 42.5 Å².